The van der Waals surface area contributed by atoms with Crippen LogP contribution in [-0.4, -0.2) is 24.1 Å². The third-order valence-electron chi connectivity index (χ3n) is 12.0. The molecule has 5 nitrogen and oxygen atoms in total. The van der Waals surface area contributed by atoms with Crippen molar-refractivity contribution in [2.24, 2.45) is 0 Å². The van der Waals surface area contributed by atoms with E-state index in [1.165, 1.54) is 27.6 Å². The molecule has 12 rings (SSSR count). The van der Waals surface area contributed by atoms with Crippen LogP contribution in [0.1, 0.15) is 0 Å². The molecule has 0 aliphatic heterocycles. The van der Waals surface area contributed by atoms with E-state index in [0.29, 0.717) is 17.6 Å². The van der Waals surface area contributed by atoms with Crippen molar-refractivity contribution in [1.29, 1.82) is 0 Å². The maximum absolute atomic E-state index is 5.42. The summed E-state index contributed by atoms with van der Waals surface area (Å²) in [4.78, 5) is 16.0. The van der Waals surface area contributed by atoms with Crippen LogP contribution in [-0.2, 0) is 0 Å². The molecule has 3 aromatic heterocycles. The summed E-state index contributed by atoms with van der Waals surface area (Å²) in [6.45, 7) is 0. The van der Waals surface area contributed by atoms with Crippen molar-refractivity contribution in [3.05, 3.63) is 224 Å². The molecule has 0 aliphatic rings. The molecule has 290 valence electrons. The van der Waals surface area contributed by atoms with E-state index in [1.807, 2.05) is 18.2 Å². The summed E-state index contributed by atoms with van der Waals surface area (Å²) in [5, 5.41) is 4.59. The number of nitrogens with zero attached hydrogens (tertiary/aromatic N) is 5. The molecule has 5 heteroatoms. The minimum Gasteiger partial charge on any atom is -0.307 e. The highest BCUT2D eigenvalue weighted by atomic mass is 15.2. The van der Waals surface area contributed by atoms with Gasteiger partial charge in [-0.15, -0.1) is 0 Å². The van der Waals surface area contributed by atoms with Gasteiger partial charge in [0.05, 0.1) is 22.1 Å². The summed E-state index contributed by atoms with van der Waals surface area (Å²) >= 11 is 0. The molecule has 62 heavy (non-hydrogen) atoms. The quantitative estimate of drug-likeness (QED) is 0.162. The molecule has 0 aliphatic carbocycles. The Kier molecular flexibility index (Phi) is 8.42. The van der Waals surface area contributed by atoms with Crippen LogP contribution in [0, 0.1) is 0 Å². The number of hydrogen-bond acceptors (Lipinski definition) is 3. The molecule has 0 bridgehead atoms. The predicted octanol–water partition coefficient (Wildman–Crippen LogP) is 14.4. The first-order chi connectivity index (χ1) is 30.7. The molecule has 12 aromatic rings. The molecule has 0 fully saturated rings. The standard InChI is InChI=1S/C57H37N5/c1-5-17-38(18-6-1)41-23-15-24-42(35-41)43-25-16-26-45(36-43)56-58-55(40-21-9-3-10-22-40)59-57(60-56)62-51-30-14-13-29-47(51)48-32-33-49-50-37-44(39-19-7-2-8-20-39)31-34-52(50)61(53(49)54(48)62)46-27-11-4-12-28-46/h1-37H. The van der Waals surface area contributed by atoms with Crippen molar-refractivity contribution in [2.45, 2.75) is 0 Å². The summed E-state index contributed by atoms with van der Waals surface area (Å²) < 4.78 is 4.67. The van der Waals surface area contributed by atoms with Crippen LogP contribution in [0.4, 0.5) is 0 Å². The van der Waals surface area contributed by atoms with Gasteiger partial charge in [0.1, 0.15) is 0 Å². The van der Waals surface area contributed by atoms with Gasteiger partial charge in [-0.05, 0) is 75.8 Å². The van der Waals surface area contributed by atoms with Crippen molar-refractivity contribution in [3.63, 3.8) is 0 Å². The summed E-state index contributed by atoms with van der Waals surface area (Å²) in [5.74, 6) is 1.76. The van der Waals surface area contributed by atoms with Crippen LogP contribution in [0.25, 0.3) is 111 Å². The van der Waals surface area contributed by atoms with E-state index in [4.69, 9.17) is 15.0 Å². The van der Waals surface area contributed by atoms with E-state index in [9.17, 15) is 0 Å². The van der Waals surface area contributed by atoms with E-state index >= 15 is 0 Å². The summed E-state index contributed by atoms with van der Waals surface area (Å²) in [6, 6.07) is 79.2. The van der Waals surface area contributed by atoms with Crippen LogP contribution >= 0.6 is 0 Å². The Morgan fingerprint density at radius 1 is 0.258 bits per heavy atom. The van der Waals surface area contributed by atoms with Gasteiger partial charge in [-0.3, -0.25) is 4.57 Å². The lowest BCUT2D eigenvalue weighted by atomic mass is 9.98. The Bertz CT molecular complexity index is 3610. The second-order valence-corrected chi connectivity index (χ2v) is 15.7. The maximum atomic E-state index is 5.42. The van der Waals surface area contributed by atoms with Gasteiger partial charge in [0.2, 0.25) is 5.95 Å². The van der Waals surface area contributed by atoms with E-state index in [0.717, 1.165) is 66.2 Å². The molecule has 0 spiro atoms. The smallest absolute Gasteiger partial charge is 0.238 e. The highest BCUT2D eigenvalue weighted by molar-refractivity contribution is 6.24. The lowest BCUT2D eigenvalue weighted by molar-refractivity contribution is 0.953. The topological polar surface area (TPSA) is 48.5 Å². The highest BCUT2D eigenvalue weighted by Crippen LogP contribution is 2.43. The Labute approximate surface area is 358 Å². The van der Waals surface area contributed by atoms with Crippen LogP contribution in [0.5, 0.6) is 0 Å². The number of aromatic nitrogens is 5. The fourth-order valence-electron chi connectivity index (χ4n) is 9.07. The Balaban J connectivity index is 1.13. The molecule has 0 unspecified atom stereocenters. The molecular weight excluding hydrogens is 755 g/mol. The van der Waals surface area contributed by atoms with Gasteiger partial charge >= 0.3 is 0 Å². The third kappa shape index (κ3) is 5.98. The first kappa shape index (κ1) is 35.5. The lowest BCUT2D eigenvalue weighted by Crippen LogP contribution is -2.07. The molecule has 0 amide bonds. The number of fused-ring (bicyclic) bond motifs is 7. The van der Waals surface area contributed by atoms with Crippen LogP contribution in [0.3, 0.4) is 0 Å². The average Bonchev–Trinajstić information content (AvgIpc) is 3.88. The van der Waals surface area contributed by atoms with E-state index in [1.54, 1.807) is 0 Å². The van der Waals surface area contributed by atoms with Crippen molar-refractivity contribution in [1.82, 2.24) is 24.1 Å². The fraction of sp³-hybridized carbons (Fsp3) is 0. The van der Waals surface area contributed by atoms with Crippen LogP contribution < -0.4 is 0 Å². The van der Waals surface area contributed by atoms with Gasteiger partial charge in [0.15, 0.2) is 11.6 Å². The van der Waals surface area contributed by atoms with Crippen LogP contribution in [0.2, 0.25) is 0 Å². The van der Waals surface area contributed by atoms with Gasteiger partial charge in [0, 0.05) is 38.4 Å². The second-order valence-electron chi connectivity index (χ2n) is 15.7. The molecular formula is C57H37N5. The monoisotopic (exact) mass is 791 g/mol. The normalized spacial score (nSPS) is 11.5. The Hall–Kier alpha value is -8.41. The Morgan fingerprint density at radius 2 is 0.710 bits per heavy atom. The van der Waals surface area contributed by atoms with E-state index < -0.39 is 0 Å². The van der Waals surface area contributed by atoms with Gasteiger partial charge < -0.3 is 4.57 Å². The number of rotatable bonds is 7. The number of hydrogen-bond donors (Lipinski definition) is 0. The number of para-hydroxylation sites is 2. The fourth-order valence-corrected chi connectivity index (χ4v) is 9.07. The summed E-state index contributed by atoms with van der Waals surface area (Å²) in [7, 11) is 0. The zero-order valence-electron chi connectivity index (χ0n) is 33.6. The highest BCUT2D eigenvalue weighted by Gasteiger charge is 2.24. The minimum atomic E-state index is 0.555. The maximum Gasteiger partial charge on any atom is 0.238 e. The molecule has 3 heterocycles. The van der Waals surface area contributed by atoms with Crippen molar-refractivity contribution in [3.8, 4) is 67.8 Å². The second kappa shape index (κ2) is 14.7. The first-order valence-electron chi connectivity index (χ1n) is 20.9. The van der Waals surface area contributed by atoms with Gasteiger partial charge in [-0.1, -0.05) is 182 Å². The van der Waals surface area contributed by atoms with Crippen molar-refractivity contribution in [2.75, 3.05) is 0 Å². The largest absolute Gasteiger partial charge is 0.307 e. The van der Waals surface area contributed by atoms with E-state index in [-0.39, 0.29) is 0 Å². The lowest BCUT2D eigenvalue weighted by Gasteiger charge is -2.13. The SMILES string of the molecule is c1ccc(-c2cccc(-c3cccc(-c4nc(-c5ccccc5)nc(-n5c6ccccc6c6ccc7c8cc(-c9ccccc9)ccc8n(-c8ccccc8)c7c65)n4)c3)c2)cc1. The molecule has 0 saturated carbocycles. The average molecular weight is 792 g/mol. The van der Waals surface area contributed by atoms with Crippen LogP contribution in [0.15, 0.2) is 224 Å². The molecule has 0 radical (unpaired) electrons. The third-order valence-corrected chi connectivity index (χ3v) is 12.0. The molecule has 0 atom stereocenters. The zero-order chi connectivity index (χ0) is 41.0. The summed E-state index contributed by atoms with van der Waals surface area (Å²) in [5.41, 5.74) is 14.1. The number of benzene rings is 9. The molecule has 0 saturated heterocycles. The predicted molar refractivity (Wildman–Crippen MR) is 256 cm³/mol. The first-order valence-corrected chi connectivity index (χ1v) is 20.9. The molecule has 9 aromatic carbocycles. The Morgan fingerprint density at radius 3 is 1.37 bits per heavy atom. The minimum absolute atomic E-state index is 0.555. The van der Waals surface area contributed by atoms with E-state index in [2.05, 4.69) is 215 Å². The summed E-state index contributed by atoms with van der Waals surface area (Å²) in [6.07, 6.45) is 0. The zero-order valence-corrected chi connectivity index (χ0v) is 33.6. The van der Waals surface area contributed by atoms with Gasteiger partial charge in [-0.25, -0.2) is 4.98 Å². The van der Waals surface area contributed by atoms with Crippen molar-refractivity contribution >= 4 is 43.6 Å². The van der Waals surface area contributed by atoms with Gasteiger partial charge in [0.25, 0.3) is 0 Å². The molecule has 0 N–H and O–H groups in total. The van der Waals surface area contributed by atoms with Crippen molar-refractivity contribution < 1.29 is 0 Å². The van der Waals surface area contributed by atoms with Gasteiger partial charge in [-0.2, -0.15) is 9.97 Å².